The lowest BCUT2D eigenvalue weighted by Crippen LogP contribution is -2.49. The first-order chi connectivity index (χ1) is 11.5. The van der Waals surface area contributed by atoms with Gasteiger partial charge in [-0.15, -0.1) is 0 Å². The Morgan fingerprint density at radius 2 is 1.56 bits per heavy atom. The number of carbonyl (C=O) groups excluding carboxylic acids is 1. The van der Waals surface area contributed by atoms with Crippen molar-refractivity contribution in [2.45, 2.75) is 23.3 Å². The molecule has 11 heteroatoms. The molecule has 0 saturated carbocycles. The van der Waals surface area contributed by atoms with E-state index in [1.54, 1.807) is 4.90 Å². The largest absolute Gasteiger partial charge is 0.397 e. The van der Waals surface area contributed by atoms with Crippen molar-refractivity contribution in [1.29, 1.82) is 0 Å². The third-order valence-corrected chi connectivity index (χ3v) is 5.15. The van der Waals surface area contributed by atoms with Crippen molar-refractivity contribution >= 4 is 21.4 Å². The summed E-state index contributed by atoms with van der Waals surface area (Å²) in [6.07, 6.45) is -6.06. The maximum Gasteiger partial charge on any atom is 0.397 e. The molecule has 0 radical (unpaired) electrons. The smallest absolute Gasteiger partial charge is 0.368 e. The van der Waals surface area contributed by atoms with Crippen LogP contribution in [-0.2, 0) is 14.6 Å². The maximum absolute atomic E-state index is 12.5. The predicted octanol–water partition coefficient (Wildman–Crippen LogP) is 2.28. The molecule has 140 valence electrons. The van der Waals surface area contributed by atoms with Gasteiger partial charge in [0.1, 0.15) is 6.42 Å². The Hall–Kier alpha value is -1.91. The molecule has 1 aliphatic rings. The summed E-state index contributed by atoms with van der Waals surface area (Å²) in [4.78, 5) is 13.9. The highest BCUT2D eigenvalue weighted by Crippen LogP contribution is 2.24. The van der Waals surface area contributed by atoms with Gasteiger partial charge < -0.3 is 9.80 Å². The number of benzene rings is 1. The maximum atomic E-state index is 12.5. The van der Waals surface area contributed by atoms with Crippen molar-refractivity contribution in [3.05, 3.63) is 24.3 Å². The molecule has 0 spiro atoms. The lowest BCUT2D eigenvalue weighted by molar-refractivity contribution is -0.161. The van der Waals surface area contributed by atoms with Gasteiger partial charge in [-0.05, 0) is 24.3 Å². The number of halogens is 5. The van der Waals surface area contributed by atoms with Gasteiger partial charge in [-0.1, -0.05) is 0 Å². The number of carbonyl (C=O) groups is 1. The lowest BCUT2D eigenvalue weighted by atomic mass is 10.2. The highest BCUT2D eigenvalue weighted by Gasteiger charge is 2.34. The molecule has 0 N–H and O–H groups in total. The number of anilines is 1. The molecule has 1 aliphatic heterocycles. The standard InChI is InChI=1S/C14H15F5N2O3S/c15-13(16)25(23,24)11-3-1-10(2-4-11)20-5-7-21(8-6-20)12(22)9-14(17,18)19/h1-4,13H,5-9H2. The van der Waals surface area contributed by atoms with Crippen LogP contribution in [0.4, 0.5) is 27.6 Å². The summed E-state index contributed by atoms with van der Waals surface area (Å²) in [6.45, 7) is 0.688. The van der Waals surface area contributed by atoms with E-state index in [4.69, 9.17) is 0 Å². The van der Waals surface area contributed by atoms with Gasteiger partial charge in [-0.25, -0.2) is 8.42 Å². The summed E-state index contributed by atoms with van der Waals surface area (Å²) in [5, 5.41) is 0. The summed E-state index contributed by atoms with van der Waals surface area (Å²) in [6, 6.07) is 4.81. The van der Waals surface area contributed by atoms with E-state index in [0.717, 1.165) is 17.0 Å². The first-order valence-corrected chi connectivity index (χ1v) is 8.77. The van der Waals surface area contributed by atoms with E-state index in [-0.39, 0.29) is 26.2 Å². The van der Waals surface area contributed by atoms with E-state index in [2.05, 4.69) is 0 Å². The topological polar surface area (TPSA) is 57.7 Å². The number of alkyl halides is 5. The van der Waals surface area contributed by atoms with Crippen LogP contribution in [0.3, 0.4) is 0 Å². The summed E-state index contributed by atoms with van der Waals surface area (Å²) in [5.41, 5.74) is 0.538. The molecular weight excluding hydrogens is 371 g/mol. The molecule has 0 bridgehead atoms. The van der Waals surface area contributed by atoms with E-state index < -0.39 is 39.0 Å². The second-order valence-electron chi connectivity index (χ2n) is 5.46. The second-order valence-corrected chi connectivity index (χ2v) is 7.38. The predicted molar refractivity (Wildman–Crippen MR) is 79.1 cm³/mol. The molecule has 0 aromatic heterocycles. The van der Waals surface area contributed by atoms with Crippen molar-refractivity contribution in [3.8, 4) is 0 Å². The van der Waals surface area contributed by atoms with E-state index in [0.29, 0.717) is 5.69 Å². The Kier molecular flexibility index (Phi) is 5.55. The van der Waals surface area contributed by atoms with Crippen LogP contribution in [0.25, 0.3) is 0 Å². The van der Waals surface area contributed by atoms with Crippen LogP contribution in [0.15, 0.2) is 29.2 Å². The van der Waals surface area contributed by atoms with E-state index >= 15 is 0 Å². The average molecular weight is 386 g/mol. The van der Waals surface area contributed by atoms with Crippen LogP contribution in [0.5, 0.6) is 0 Å². The number of piperazine rings is 1. The quantitative estimate of drug-likeness (QED) is 0.745. The fraction of sp³-hybridized carbons (Fsp3) is 0.500. The van der Waals surface area contributed by atoms with Gasteiger partial charge in [0, 0.05) is 31.9 Å². The molecular formula is C14H15F5N2O3S. The van der Waals surface area contributed by atoms with Gasteiger partial charge in [0.05, 0.1) is 4.90 Å². The van der Waals surface area contributed by atoms with Crippen LogP contribution in [0.2, 0.25) is 0 Å². The molecule has 1 amide bonds. The molecule has 1 aromatic carbocycles. The van der Waals surface area contributed by atoms with Gasteiger partial charge in [-0.2, -0.15) is 22.0 Å². The van der Waals surface area contributed by atoms with Crippen LogP contribution in [-0.4, -0.2) is 57.3 Å². The molecule has 1 heterocycles. The van der Waals surface area contributed by atoms with Crippen LogP contribution < -0.4 is 4.90 Å². The number of hydrogen-bond acceptors (Lipinski definition) is 4. The lowest BCUT2D eigenvalue weighted by Gasteiger charge is -2.36. The number of hydrogen-bond donors (Lipinski definition) is 0. The Balaban J connectivity index is 1.98. The second kappa shape index (κ2) is 7.14. The third kappa shape index (κ3) is 4.80. The fourth-order valence-corrected chi connectivity index (χ4v) is 3.17. The minimum absolute atomic E-state index is 0.0893. The Bertz CT molecular complexity index is 711. The van der Waals surface area contributed by atoms with Gasteiger partial charge in [0.15, 0.2) is 0 Å². The minimum atomic E-state index is -4.67. The zero-order chi connectivity index (χ0) is 18.8. The van der Waals surface area contributed by atoms with Crippen LogP contribution in [0.1, 0.15) is 6.42 Å². The molecule has 1 saturated heterocycles. The molecule has 0 atom stereocenters. The first kappa shape index (κ1) is 19.4. The van der Waals surface area contributed by atoms with Crippen molar-refractivity contribution in [2.24, 2.45) is 0 Å². The summed E-state index contributed by atoms with van der Waals surface area (Å²) >= 11 is 0. The highest BCUT2D eigenvalue weighted by atomic mass is 32.2. The summed E-state index contributed by atoms with van der Waals surface area (Å²) < 4.78 is 84.4. The first-order valence-electron chi connectivity index (χ1n) is 7.22. The molecule has 0 aliphatic carbocycles. The third-order valence-electron chi connectivity index (χ3n) is 3.75. The van der Waals surface area contributed by atoms with E-state index in [1.165, 1.54) is 12.1 Å². The number of nitrogens with zero attached hydrogens (tertiary/aromatic N) is 2. The Morgan fingerprint density at radius 3 is 2.00 bits per heavy atom. The molecule has 2 rings (SSSR count). The van der Waals surface area contributed by atoms with Crippen LogP contribution in [0, 0.1) is 0 Å². The molecule has 1 aromatic rings. The number of sulfone groups is 1. The SMILES string of the molecule is O=C(CC(F)(F)F)N1CCN(c2ccc(S(=O)(=O)C(F)F)cc2)CC1. The zero-order valence-corrected chi connectivity index (χ0v) is 13.7. The van der Waals surface area contributed by atoms with Crippen molar-refractivity contribution < 1.29 is 35.2 Å². The Labute approximate surface area is 140 Å². The monoisotopic (exact) mass is 386 g/mol. The summed E-state index contributed by atoms with van der Waals surface area (Å²) in [7, 11) is -4.67. The van der Waals surface area contributed by atoms with Crippen molar-refractivity contribution in [1.82, 2.24) is 4.90 Å². The minimum Gasteiger partial charge on any atom is -0.368 e. The number of rotatable bonds is 4. The summed E-state index contributed by atoms with van der Waals surface area (Å²) in [5.74, 6) is -4.51. The van der Waals surface area contributed by atoms with Crippen LogP contribution >= 0.6 is 0 Å². The van der Waals surface area contributed by atoms with E-state index in [1.807, 2.05) is 0 Å². The van der Waals surface area contributed by atoms with Gasteiger partial charge in [0.25, 0.3) is 0 Å². The molecule has 0 unspecified atom stereocenters. The van der Waals surface area contributed by atoms with Gasteiger partial charge >= 0.3 is 11.9 Å². The van der Waals surface area contributed by atoms with Crippen molar-refractivity contribution in [2.75, 3.05) is 31.1 Å². The van der Waals surface area contributed by atoms with Crippen molar-refractivity contribution in [3.63, 3.8) is 0 Å². The average Bonchev–Trinajstić information content (AvgIpc) is 2.53. The Morgan fingerprint density at radius 1 is 1.04 bits per heavy atom. The van der Waals surface area contributed by atoms with Gasteiger partial charge in [-0.3, -0.25) is 4.79 Å². The molecule has 1 fully saturated rings. The number of amides is 1. The molecule has 25 heavy (non-hydrogen) atoms. The molecule has 5 nitrogen and oxygen atoms in total. The zero-order valence-electron chi connectivity index (χ0n) is 12.8. The normalized spacial score (nSPS) is 16.4. The highest BCUT2D eigenvalue weighted by molar-refractivity contribution is 7.91. The van der Waals surface area contributed by atoms with E-state index in [9.17, 15) is 35.2 Å². The fourth-order valence-electron chi connectivity index (χ4n) is 2.45. The van der Waals surface area contributed by atoms with Gasteiger partial charge in [0.2, 0.25) is 15.7 Å².